The van der Waals surface area contributed by atoms with Crippen LogP contribution in [0.2, 0.25) is 5.02 Å². The summed E-state index contributed by atoms with van der Waals surface area (Å²) in [5, 5.41) is 9.48. The minimum atomic E-state index is -0.318. The molecule has 35 heavy (non-hydrogen) atoms. The summed E-state index contributed by atoms with van der Waals surface area (Å²) in [6, 6.07) is 14.8. The van der Waals surface area contributed by atoms with Crippen molar-refractivity contribution in [2.24, 2.45) is 10.8 Å². The Kier molecular flexibility index (Phi) is 7.09. The van der Waals surface area contributed by atoms with Gasteiger partial charge in [0.25, 0.3) is 5.91 Å². The van der Waals surface area contributed by atoms with E-state index in [1.165, 1.54) is 0 Å². The molecule has 0 aromatic heterocycles. The van der Waals surface area contributed by atoms with Crippen LogP contribution in [0, 0.1) is 22.2 Å². The molecule has 0 atom stereocenters. The minimum absolute atomic E-state index is 0.0445. The number of carbonyl (C=O) groups is 2. The fourth-order valence-electron chi connectivity index (χ4n) is 5.86. The number of ketones is 1. The first-order chi connectivity index (χ1) is 16.5. The Labute approximate surface area is 225 Å². The standard InChI is InChI=1S/C27H29ClIN3O3/c1-26(2)24(27(3,4)25(26)35-21-10-7-18(16-30)22(28)15-21)32(29)23(34)17-5-8-19(9-6-17)31-13-11-20(33)12-14-31/h5-10,15,24-25H,11-14H2,1-4H3/t24-,25-. The lowest BCUT2D eigenvalue weighted by molar-refractivity contribution is -0.179. The second-order valence-electron chi connectivity index (χ2n) is 10.5. The number of nitriles is 1. The Hall–Kier alpha value is -2.31. The Morgan fingerprint density at radius 1 is 1.11 bits per heavy atom. The van der Waals surface area contributed by atoms with Gasteiger partial charge in [-0.25, -0.2) is 0 Å². The summed E-state index contributed by atoms with van der Waals surface area (Å²) in [4.78, 5) is 27.1. The summed E-state index contributed by atoms with van der Waals surface area (Å²) in [5.41, 5.74) is 1.44. The van der Waals surface area contributed by atoms with Crippen LogP contribution in [-0.4, -0.2) is 40.0 Å². The maximum absolute atomic E-state index is 13.4. The number of halogens is 2. The first-order valence-corrected chi connectivity index (χ1v) is 13.0. The molecule has 6 nitrogen and oxygen atoms in total. The number of ether oxygens (including phenoxy) is 1. The molecule has 2 aliphatic rings. The number of carbonyl (C=O) groups excluding carboxylic acids is 2. The van der Waals surface area contributed by atoms with Gasteiger partial charge in [0.2, 0.25) is 0 Å². The lowest BCUT2D eigenvalue weighted by Gasteiger charge is -2.64. The highest BCUT2D eigenvalue weighted by Crippen LogP contribution is 2.59. The van der Waals surface area contributed by atoms with Crippen LogP contribution in [0.4, 0.5) is 5.69 Å². The van der Waals surface area contributed by atoms with Crippen molar-refractivity contribution in [1.82, 2.24) is 3.11 Å². The largest absolute Gasteiger partial charge is 0.489 e. The predicted molar refractivity (Wildman–Crippen MR) is 145 cm³/mol. The zero-order valence-electron chi connectivity index (χ0n) is 20.3. The highest BCUT2D eigenvalue weighted by atomic mass is 127. The topological polar surface area (TPSA) is 73.6 Å². The summed E-state index contributed by atoms with van der Waals surface area (Å²) in [6.45, 7) is 9.88. The van der Waals surface area contributed by atoms with Gasteiger partial charge in [-0.2, -0.15) is 5.26 Å². The number of anilines is 1. The van der Waals surface area contributed by atoms with E-state index >= 15 is 0 Å². The normalized spacial score (nSPS) is 22.7. The molecule has 0 radical (unpaired) electrons. The Balaban J connectivity index is 1.47. The molecule has 2 aromatic carbocycles. The van der Waals surface area contributed by atoms with Crippen molar-refractivity contribution >= 4 is 51.8 Å². The molecule has 1 saturated carbocycles. The maximum Gasteiger partial charge on any atom is 0.262 e. The molecule has 8 heteroatoms. The predicted octanol–water partition coefficient (Wildman–Crippen LogP) is 6.06. The monoisotopic (exact) mass is 605 g/mol. The van der Waals surface area contributed by atoms with E-state index in [9.17, 15) is 9.59 Å². The zero-order chi connectivity index (χ0) is 25.5. The molecule has 1 aliphatic carbocycles. The quantitative estimate of drug-likeness (QED) is 0.306. The molecule has 1 heterocycles. The van der Waals surface area contributed by atoms with Crippen LogP contribution >= 0.6 is 34.5 Å². The van der Waals surface area contributed by atoms with E-state index in [-0.39, 0.29) is 28.9 Å². The van der Waals surface area contributed by atoms with Gasteiger partial charge in [-0.3, -0.25) is 12.7 Å². The number of hydrogen-bond donors (Lipinski definition) is 0. The summed E-state index contributed by atoms with van der Waals surface area (Å²) < 4.78 is 8.16. The molecule has 1 aliphatic heterocycles. The van der Waals surface area contributed by atoms with E-state index in [0.717, 1.165) is 18.8 Å². The molecular weight excluding hydrogens is 577 g/mol. The number of benzene rings is 2. The summed E-state index contributed by atoms with van der Waals surface area (Å²) in [7, 11) is 0. The van der Waals surface area contributed by atoms with Crippen molar-refractivity contribution in [2.45, 2.75) is 52.7 Å². The van der Waals surface area contributed by atoms with E-state index in [1.54, 1.807) is 21.3 Å². The van der Waals surface area contributed by atoms with Crippen LogP contribution in [0.25, 0.3) is 0 Å². The van der Waals surface area contributed by atoms with E-state index in [4.69, 9.17) is 21.6 Å². The van der Waals surface area contributed by atoms with Gasteiger partial charge in [-0.15, -0.1) is 0 Å². The summed E-state index contributed by atoms with van der Waals surface area (Å²) in [5.74, 6) is 0.876. The third-order valence-corrected chi connectivity index (χ3v) is 8.61. The molecule has 0 unspecified atom stereocenters. The van der Waals surface area contributed by atoms with Crippen LogP contribution < -0.4 is 9.64 Å². The first-order valence-electron chi connectivity index (χ1n) is 11.7. The SMILES string of the molecule is CC1(C)[C@H](Oc2ccc(C#N)c(Cl)c2)C(C)(C)[C@H]1N(I)C(=O)c1ccc(N2CCC(=O)CC2)cc1. The summed E-state index contributed by atoms with van der Waals surface area (Å²) >= 11 is 8.33. The van der Waals surface area contributed by atoms with Crippen LogP contribution in [-0.2, 0) is 4.79 Å². The average molecular weight is 606 g/mol. The highest BCUT2D eigenvalue weighted by molar-refractivity contribution is 14.1. The highest BCUT2D eigenvalue weighted by Gasteiger charge is 2.66. The van der Waals surface area contributed by atoms with Gasteiger partial charge in [0.15, 0.2) is 0 Å². The summed E-state index contributed by atoms with van der Waals surface area (Å²) in [6.07, 6.45) is 0.996. The third-order valence-electron chi connectivity index (χ3n) is 7.30. The van der Waals surface area contributed by atoms with Gasteiger partial charge in [0.05, 0.1) is 39.5 Å². The van der Waals surface area contributed by atoms with Gasteiger partial charge >= 0.3 is 0 Å². The first kappa shape index (κ1) is 25.8. The average Bonchev–Trinajstić information content (AvgIpc) is 2.82. The third kappa shape index (κ3) is 4.75. The van der Waals surface area contributed by atoms with Gasteiger partial charge in [-0.1, -0.05) is 39.3 Å². The van der Waals surface area contributed by atoms with E-state index in [1.807, 2.05) is 24.3 Å². The number of hydrogen-bond acceptors (Lipinski definition) is 5. The van der Waals surface area contributed by atoms with Crippen molar-refractivity contribution < 1.29 is 14.3 Å². The molecule has 4 rings (SSSR count). The molecule has 0 spiro atoms. The van der Waals surface area contributed by atoms with E-state index in [2.05, 4.69) is 61.5 Å². The van der Waals surface area contributed by atoms with Crippen LogP contribution in [0.5, 0.6) is 5.75 Å². The lowest BCUT2D eigenvalue weighted by atomic mass is 9.49. The van der Waals surface area contributed by atoms with Crippen molar-refractivity contribution in [3.05, 3.63) is 58.6 Å². The molecule has 1 amide bonds. The van der Waals surface area contributed by atoms with E-state index < -0.39 is 0 Å². The maximum atomic E-state index is 13.4. The number of nitrogens with zero attached hydrogens (tertiary/aromatic N) is 3. The molecule has 184 valence electrons. The van der Waals surface area contributed by atoms with Crippen LogP contribution in [0.1, 0.15) is 56.5 Å². The van der Waals surface area contributed by atoms with Crippen molar-refractivity contribution in [2.75, 3.05) is 18.0 Å². The fourth-order valence-corrected chi connectivity index (χ4v) is 7.79. The fraction of sp³-hybridized carbons (Fsp3) is 0.444. The Morgan fingerprint density at radius 2 is 1.71 bits per heavy atom. The molecule has 0 bridgehead atoms. The molecular formula is C27H29ClIN3O3. The molecule has 2 aromatic rings. The van der Waals surface area contributed by atoms with Crippen molar-refractivity contribution in [3.63, 3.8) is 0 Å². The number of piperidine rings is 1. The minimum Gasteiger partial charge on any atom is -0.489 e. The molecule has 1 saturated heterocycles. The molecule has 0 N–H and O–H groups in total. The zero-order valence-corrected chi connectivity index (χ0v) is 23.3. The van der Waals surface area contributed by atoms with Crippen molar-refractivity contribution in [3.8, 4) is 11.8 Å². The number of amides is 1. The lowest BCUT2D eigenvalue weighted by Crippen LogP contribution is -2.73. The molecule has 2 fully saturated rings. The van der Waals surface area contributed by atoms with Gasteiger partial charge in [0, 0.05) is 54.1 Å². The van der Waals surface area contributed by atoms with Gasteiger partial charge in [-0.05, 0) is 36.4 Å². The van der Waals surface area contributed by atoms with Crippen LogP contribution in [0.3, 0.4) is 0 Å². The van der Waals surface area contributed by atoms with Crippen molar-refractivity contribution in [1.29, 1.82) is 5.26 Å². The van der Waals surface area contributed by atoms with Gasteiger partial charge in [0.1, 0.15) is 23.7 Å². The second kappa shape index (κ2) is 9.62. The van der Waals surface area contributed by atoms with Gasteiger partial charge < -0.3 is 9.64 Å². The Morgan fingerprint density at radius 3 is 2.26 bits per heavy atom. The Bertz CT molecular complexity index is 1160. The number of rotatable bonds is 5. The second-order valence-corrected chi connectivity index (χ2v) is 11.9. The smallest absolute Gasteiger partial charge is 0.262 e. The van der Waals surface area contributed by atoms with E-state index in [0.29, 0.717) is 40.5 Å². The van der Waals surface area contributed by atoms with Crippen LogP contribution in [0.15, 0.2) is 42.5 Å². The number of Topliss-reactive ketones (excluding diaryl/α,β-unsaturated/α-hetero) is 1.